The van der Waals surface area contributed by atoms with Crippen molar-refractivity contribution in [3.8, 4) is 35.1 Å². The fourth-order valence-electron chi connectivity index (χ4n) is 21.4. The smallest absolute Gasteiger partial charge is 0.394 e. The highest BCUT2D eigenvalue weighted by atomic mass is 32.2. The summed E-state index contributed by atoms with van der Waals surface area (Å²) in [4.78, 5) is 75.0. The minimum atomic E-state index is -4.36. The number of carbonyl (C=O) groups excluding carboxylic acids is 3. The molecule has 9 aromatic heterocycles. The van der Waals surface area contributed by atoms with Gasteiger partial charge >= 0.3 is 18.5 Å². The van der Waals surface area contributed by atoms with Gasteiger partial charge in [-0.1, -0.05) is 109 Å². The number of carbonyl (C=O) groups is 3. The molecule has 6 fully saturated rings. The van der Waals surface area contributed by atoms with E-state index in [9.17, 15) is 79.2 Å². The van der Waals surface area contributed by atoms with Crippen LogP contribution in [-0.2, 0) is 30.1 Å². The van der Waals surface area contributed by atoms with Gasteiger partial charge in [0.15, 0.2) is 32.5 Å². The molecule has 3 aliphatic carbocycles. The van der Waals surface area contributed by atoms with Crippen molar-refractivity contribution in [1.82, 2.24) is 73.4 Å². The zero-order valence-corrected chi connectivity index (χ0v) is 85.4. The molecule has 6 aliphatic heterocycles. The van der Waals surface area contributed by atoms with E-state index in [1.54, 1.807) is 55.0 Å². The van der Waals surface area contributed by atoms with Gasteiger partial charge in [-0.3, -0.25) is 14.4 Å². The quantitative estimate of drug-likeness (QED) is 0.0435. The van der Waals surface area contributed by atoms with Crippen molar-refractivity contribution in [3.63, 3.8) is 0 Å². The maximum absolute atomic E-state index is 13.8. The van der Waals surface area contributed by atoms with Gasteiger partial charge in [0.1, 0.15) is 34.9 Å². The molecule has 150 heavy (non-hydrogen) atoms. The summed E-state index contributed by atoms with van der Waals surface area (Å²) in [6.07, 6.45) is -3.11. The van der Waals surface area contributed by atoms with E-state index in [1.165, 1.54) is 86.8 Å². The molecule has 45 heteroatoms. The first-order valence-electron chi connectivity index (χ1n) is 49.8. The van der Waals surface area contributed by atoms with E-state index in [1.807, 2.05) is 69.3 Å². The number of alkyl halides is 9. The zero-order valence-electron chi connectivity index (χ0n) is 83.0. The second-order valence-corrected chi connectivity index (χ2v) is 47.0. The summed E-state index contributed by atoms with van der Waals surface area (Å²) in [6.45, 7) is 15.2. The lowest BCUT2D eigenvalue weighted by atomic mass is 9.85. The molecule has 3 saturated heterocycles. The van der Waals surface area contributed by atoms with Crippen molar-refractivity contribution in [2.75, 3.05) is 89.7 Å². The summed E-state index contributed by atoms with van der Waals surface area (Å²) in [6, 6.07) is 57.9. The van der Waals surface area contributed by atoms with Gasteiger partial charge in [-0.2, -0.15) is 64.8 Å². The number of aromatic nitrogens is 12. The molecular weight excluding hydrogens is 2010 g/mol. The maximum atomic E-state index is 13.8. The molecule has 6 atom stereocenters. The molecule has 15 heterocycles. The molecule has 6 N–H and O–H groups in total. The lowest BCUT2D eigenvalue weighted by Crippen LogP contribution is -2.41. The topological polar surface area (TPSA) is 394 Å². The van der Waals surface area contributed by atoms with Gasteiger partial charge in [0.25, 0.3) is 47.8 Å². The van der Waals surface area contributed by atoms with Crippen LogP contribution in [0.1, 0.15) is 203 Å². The number of sulfonamides is 3. The number of hydrogen-bond acceptors (Lipinski definition) is 27. The first-order valence-corrected chi connectivity index (χ1v) is 54.3. The van der Waals surface area contributed by atoms with E-state index >= 15 is 0 Å². The molecule has 3 aromatic carbocycles. The second-order valence-electron chi connectivity index (χ2n) is 42.1. The van der Waals surface area contributed by atoms with Crippen molar-refractivity contribution in [2.24, 2.45) is 34.0 Å². The zero-order chi connectivity index (χ0) is 106. The largest absolute Gasteiger partial charge is 0.477 e. The lowest BCUT2D eigenvalue weighted by molar-refractivity contribution is -0.190. The predicted octanol–water partition coefficient (Wildman–Crippen LogP) is 18.3. The Labute approximate surface area is 861 Å². The molecule has 3 amide bonds. The summed E-state index contributed by atoms with van der Waals surface area (Å²) >= 11 is 0. The highest BCUT2D eigenvalue weighted by molar-refractivity contribution is 7.90. The number of amides is 3. The Morgan fingerprint density at radius 3 is 0.840 bits per heavy atom. The van der Waals surface area contributed by atoms with Crippen LogP contribution in [0.4, 0.5) is 74.4 Å². The molecule has 792 valence electrons. The number of nitrogens with zero attached hydrogens (tertiary/aromatic N) is 15. The normalized spacial score (nSPS) is 22.3. The van der Waals surface area contributed by atoms with Crippen LogP contribution in [0.5, 0.6) is 17.6 Å². The fraction of sp³-hybridized carbons (Fsp3) is 0.429. The SMILES string of the molecule is CC1(C)CC2CC(c3ccccc3)CNc3cccc(n3)S(=O)(=O)NC(=O)c3ccc(-n4ccc(OCCC5(C(F)(F)F)CC5)n4)nc3N1C2.CC1(C)CC2CC(c3ccccc3)CNc3cccc(n3)S(=O)(=O)NC(=O)c3ccc(-n4ccc(OCCC5(C(F)(F)F)CC5)n4)nc3N1C2.CC1(C)CC2CC(c3ccccc3)CNc3cccc(n3)S(=O)(=O)NC(=O)c3ccc(-n4ccc(OCCC5(C(F)(F)F)CC5)n4)nc3N1C2. The number of halogens is 9. The Kier molecular flexibility index (Phi) is 28.4. The monoisotopic (exact) mass is 2130 g/mol. The second kappa shape index (κ2) is 40.7. The van der Waals surface area contributed by atoms with Crippen LogP contribution in [0.25, 0.3) is 17.5 Å². The molecule has 0 radical (unpaired) electrons. The minimum Gasteiger partial charge on any atom is -0.477 e. The molecule has 0 spiro atoms. The van der Waals surface area contributed by atoms with Gasteiger partial charge in [-0.05, 0) is 245 Å². The van der Waals surface area contributed by atoms with Crippen molar-refractivity contribution in [2.45, 2.75) is 206 Å². The molecule has 21 rings (SSSR count). The Hall–Kier alpha value is -14.0. The molecular formula is C105H114F9N21O12S3. The Morgan fingerprint density at radius 1 is 0.333 bits per heavy atom. The average Bonchev–Trinajstić information content (AvgIpc) is 1.60. The van der Waals surface area contributed by atoms with E-state index in [-0.39, 0.29) is 180 Å². The third-order valence-electron chi connectivity index (χ3n) is 30.1. The van der Waals surface area contributed by atoms with Crippen LogP contribution in [-0.4, -0.2) is 196 Å². The Bertz CT molecular complexity index is 6680. The number of nitrogens with one attached hydrogen (secondary N) is 6. The minimum absolute atomic E-state index is 0.0559. The number of rotatable bonds is 18. The van der Waals surface area contributed by atoms with E-state index < -0.39 is 99.2 Å². The van der Waals surface area contributed by atoms with Gasteiger partial charge in [-0.25, -0.2) is 58.1 Å². The number of pyridine rings is 6. The van der Waals surface area contributed by atoms with Crippen LogP contribution in [0.3, 0.4) is 0 Å². The molecule has 33 nitrogen and oxygen atoms in total. The first kappa shape index (κ1) is 105. The first-order chi connectivity index (χ1) is 71.2. The number of anilines is 6. The molecule has 12 aromatic rings. The van der Waals surface area contributed by atoms with E-state index in [4.69, 9.17) is 29.2 Å². The summed E-state index contributed by atoms with van der Waals surface area (Å²) in [5, 5.41) is 22.2. The van der Waals surface area contributed by atoms with E-state index in [0.717, 1.165) is 55.2 Å². The fourth-order valence-corrected chi connectivity index (χ4v) is 24.2. The third-order valence-corrected chi connectivity index (χ3v) is 33.8. The van der Waals surface area contributed by atoms with Crippen molar-refractivity contribution in [3.05, 3.63) is 252 Å². The van der Waals surface area contributed by atoms with Crippen LogP contribution < -0.4 is 59.0 Å². The number of benzene rings is 3. The van der Waals surface area contributed by atoms with Crippen LogP contribution >= 0.6 is 0 Å². The van der Waals surface area contributed by atoms with Gasteiger partial charge in [0, 0.05) is 110 Å². The van der Waals surface area contributed by atoms with Crippen molar-refractivity contribution in [1.29, 1.82) is 0 Å². The van der Waals surface area contributed by atoms with Crippen LogP contribution in [0, 0.1) is 34.0 Å². The lowest BCUT2D eigenvalue weighted by Gasteiger charge is -2.34. The van der Waals surface area contributed by atoms with Gasteiger partial charge in [0.05, 0.1) is 52.8 Å². The number of fused-ring (bicyclic) bond motifs is 18. The van der Waals surface area contributed by atoms with Gasteiger partial charge < -0.3 is 44.9 Å². The standard InChI is InChI=1S/3C35H38F3N7O4S/c3*1-33(2)20-23-19-25(24-7-4-3-5-8-24)21-39-27-9-6-10-30(40-27)50(47,48)43-32(46)26-11-12-28(41-31(26)44(33)22-23)45-17-13-29(42-45)49-18-16-34(14-15-34)35(36,37)38/h3*3-13,17,23,25H,14-16,18-22H2,1-2H3,(H,39,40)(H,43,46). The number of ether oxygens (including phenoxy) is 3. The van der Waals surface area contributed by atoms with Crippen molar-refractivity contribution >= 4 is 82.7 Å². The average molecular weight is 2130 g/mol. The molecule has 6 unspecified atom stereocenters. The van der Waals surface area contributed by atoms with E-state index in [0.29, 0.717) is 74.2 Å². The summed E-state index contributed by atoms with van der Waals surface area (Å²) in [5.74, 6) is 1.62. The summed E-state index contributed by atoms with van der Waals surface area (Å²) < 4.78 is 229. The summed E-state index contributed by atoms with van der Waals surface area (Å²) in [7, 11) is -13.1. The number of hydrogen-bond donors (Lipinski definition) is 6. The predicted molar refractivity (Wildman–Crippen MR) is 540 cm³/mol. The Balaban J connectivity index is 0.000000141. The van der Waals surface area contributed by atoms with Gasteiger partial charge in [0.2, 0.25) is 17.6 Å². The van der Waals surface area contributed by atoms with Gasteiger partial charge in [-0.15, -0.1) is 15.3 Å². The summed E-state index contributed by atoms with van der Waals surface area (Å²) in [5.41, 5.74) is -2.81. The molecule has 12 bridgehead atoms. The highest BCUT2D eigenvalue weighted by Gasteiger charge is 2.65. The maximum Gasteiger partial charge on any atom is 0.394 e. The Morgan fingerprint density at radius 2 is 0.593 bits per heavy atom. The third kappa shape index (κ3) is 22.9. The highest BCUT2D eigenvalue weighted by Crippen LogP contribution is 2.62. The van der Waals surface area contributed by atoms with E-state index in [2.05, 4.69) is 138 Å². The van der Waals surface area contributed by atoms with Crippen LogP contribution in [0.2, 0.25) is 0 Å². The molecule has 9 aliphatic rings. The van der Waals surface area contributed by atoms with Crippen molar-refractivity contribution < 1.29 is 93.4 Å². The van der Waals surface area contributed by atoms with Crippen LogP contribution in [0.15, 0.2) is 234 Å². The molecule has 3 saturated carbocycles.